The Balaban J connectivity index is 1.96. The lowest BCUT2D eigenvalue weighted by Crippen LogP contribution is -2.51. The average Bonchev–Trinajstić information content (AvgIpc) is 3.00. The Morgan fingerprint density at radius 1 is 1.14 bits per heavy atom. The number of nitrogens with one attached hydrogen (secondary N) is 2. The van der Waals surface area contributed by atoms with Gasteiger partial charge in [0, 0.05) is 23.8 Å². The van der Waals surface area contributed by atoms with Crippen LogP contribution in [0.4, 0.5) is 10.5 Å². The number of nitrogens with zero attached hydrogens (tertiary/aromatic N) is 1. The molecule has 1 heterocycles. The van der Waals surface area contributed by atoms with Gasteiger partial charge in [-0.2, -0.15) is 0 Å². The molecule has 6 heteroatoms. The van der Waals surface area contributed by atoms with Gasteiger partial charge < -0.3 is 15.5 Å². The molecule has 3 amide bonds. The van der Waals surface area contributed by atoms with Crippen LogP contribution in [0.2, 0.25) is 5.02 Å². The van der Waals surface area contributed by atoms with Crippen LogP contribution < -0.4 is 10.6 Å². The monoisotopic (exact) mass is 323 g/mol. The van der Waals surface area contributed by atoms with E-state index in [0.29, 0.717) is 10.7 Å². The van der Waals surface area contributed by atoms with Crippen molar-refractivity contribution in [3.05, 3.63) is 29.3 Å². The number of hydrogen-bond acceptors (Lipinski definition) is 2. The molecule has 0 bridgehead atoms. The van der Waals surface area contributed by atoms with Gasteiger partial charge in [0.2, 0.25) is 5.91 Å². The third-order valence-corrected chi connectivity index (χ3v) is 3.99. The van der Waals surface area contributed by atoms with E-state index in [9.17, 15) is 9.59 Å². The lowest BCUT2D eigenvalue weighted by Gasteiger charge is -2.26. The third kappa shape index (κ3) is 4.37. The highest BCUT2D eigenvalue weighted by Gasteiger charge is 2.29. The molecule has 1 atom stereocenters. The molecule has 0 radical (unpaired) electrons. The molecule has 0 unspecified atom stereocenters. The number of anilines is 1. The predicted molar refractivity (Wildman–Crippen MR) is 88.0 cm³/mol. The summed E-state index contributed by atoms with van der Waals surface area (Å²) in [5, 5.41) is 6.11. The predicted octanol–water partition coefficient (Wildman–Crippen LogP) is 3.11. The van der Waals surface area contributed by atoms with Crippen LogP contribution in [0.25, 0.3) is 0 Å². The standard InChI is InChI=1S/C16H22ClN3O2/c1-11(2)14(15(21)20-9-3-4-10-20)19-16(22)18-13-7-5-12(17)6-8-13/h5-8,11,14H,3-4,9-10H2,1-2H3,(H2,18,19,22)/t14-/m0/s1. The summed E-state index contributed by atoms with van der Waals surface area (Å²) in [6.45, 7) is 5.42. The number of hydrogen-bond donors (Lipinski definition) is 2. The van der Waals surface area contributed by atoms with Crippen molar-refractivity contribution in [3.63, 3.8) is 0 Å². The van der Waals surface area contributed by atoms with Gasteiger partial charge in [-0.25, -0.2) is 4.79 Å². The normalized spacial score (nSPS) is 15.7. The Hall–Kier alpha value is -1.75. The molecule has 2 rings (SSSR count). The van der Waals surface area contributed by atoms with Crippen LogP contribution in [-0.4, -0.2) is 36.0 Å². The van der Waals surface area contributed by atoms with Crippen molar-refractivity contribution in [3.8, 4) is 0 Å². The zero-order chi connectivity index (χ0) is 16.1. The maximum atomic E-state index is 12.5. The molecule has 1 aromatic carbocycles. The fourth-order valence-electron chi connectivity index (χ4n) is 2.49. The number of amides is 3. The van der Waals surface area contributed by atoms with Gasteiger partial charge in [0.05, 0.1) is 0 Å². The molecule has 1 aliphatic rings. The lowest BCUT2D eigenvalue weighted by molar-refractivity contribution is -0.133. The first kappa shape index (κ1) is 16.6. The summed E-state index contributed by atoms with van der Waals surface area (Å²) < 4.78 is 0. The summed E-state index contributed by atoms with van der Waals surface area (Å²) in [4.78, 5) is 26.4. The highest BCUT2D eigenvalue weighted by molar-refractivity contribution is 6.30. The molecular weight excluding hydrogens is 302 g/mol. The molecule has 120 valence electrons. The summed E-state index contributed by atoms with van der Waals surface area (Å²) in [7, 11) is 0. The van der Waals surface area contributed by atoms with E-state index in [0.717, 1.165) is 25.9 Å². The van der Waals surface area contributed by atoms with Gasteiger partial charge in [-0.3, -0.25) is 4.79 Å². The number of carbonyl (C=O) groups excluding carboxylic acids is 2. The Bertz CT molecular complexity index is 525. The minimum atomic E-state index is -0.509. The molecule has 2 N–H and O–H groups in total. The van der Waals surface area contributed by atoms with E-state index in [4.69, 9.17) is 11.6 Å². The fourth-order valence-corrected chi connectivity index (χ4v) is 2.62. The summed E-state index contributed by atoms with van der Waals surface area (Å²) in [5.41, 5.74) is 0.637. The van der Waals surface area contributed by atoms with E-state index in [-0.39, 0.29) is 17.9 Å². The average molecular weight is 324 g/mol. The van der Waals surface area contributed by atoms with Crippen molar-refractivity contribution in [2.45, 2.75) is 32.7 Å². The highest BCUT2D eigenvalue weighted by atomic mass is 35.5. The molecule has 22 heavy (non-hydrogen) atoms. The van der Waals surface area contributed by atoms with Gasteiger partial charge >= 0.3 is 6.03 Å². The van der Waals surface area contributed by atoms with Gasteiger partial charge in [-0.1, -0.05) is 25.4 Å². The SMILES string of the molecule is CC(C)[C@H](NC(=O)Nc1ccc(Cl)cc1)C(=O)N1CCCC1. The van der Waals surface area contributed by atoms with Crippen molar-refractivity contribution in [2.24, 2.45) is 5.92 Å². The van der Waals surface area contributed by atoms with Crippen LogP contribution in [0.3, 0.4) is 0 Å². The van der Waals surface area contributed by atoms with Gasteiger partial charge in [-0.15, -0.1) is 0 Å². The zero-order valence-corrected chi connectivity index (χ0v) is 13.7. The van der Waals surface area contributed by atoms with E-state index in [1.807, 2.05) is 18.7 Å². The summed E-state index contributed by atoms with van der Waals surface area (Å²) in [6, 6.07) is 5.95. The van der Waals surface area contributed by atoms with E-state index >= 15 is 0 Å². The Kier molecular flexibility index (Phi) is 5.66. The topological polar surface area (TPSA) is 61.4 Å². The first-order valence-electron chi connectivity index (χ1n) is 7.59. The van der Waals surface area contributed by atoms with Crippen LogP contribution >= 0.6 is 11.6 Å². The molecular formula is C16H22ClN3O2. The largest absolute Gasteiger partial charge is 0.341 e. The minimum absolute atomic E-state index is 0.00115. The van der Waals surface area contributed by atoms with Gasteiger partial charge in [0.1, 0.15) is 6.04 Å². The number of urea groups is 1. The third-order valence-electron chi connectivity index (χ3n) is 3.74. The van der Waals surface area contributed by atoms with Crippen LogP contribution in [0.5, 0.6) is 0 Å². The van der Waals surface area contributed by atoms with Crippen molar-refractivity contribution >= 4 is 29.2 Å². The van der Waals surface area contributed by atoms with Crippen molar-refractivity contribution in [1.82, 2.24) is 10.2 Å². The minimum Gasteiger partial charge on any atom is -0.341 e. The second-order valence-corrected chi connectivity index (χ2v) is 6.30. The van der Waals surface area contributed by atoms with Gasteiger partial charge in [0.25, 0.3) is 0 Å². The van der Waals surface area contributed by atoms with Gasteiger partial charge in [-0.05, 0) is 43.0 Å². The molecule has 1 fully saturated rings. The van der Waals surface area contributed by atoms with E-state index < -0.39 is 6.04 Å². The molecule has 0 aliphatic carbocycles. The summed E-state index contributed by atoms with van der Waals surface area (Å²) in [6.07, 6.45) is 2.07. The molecule has 1 aromatic rings. The fraction of sp³-hybridized carbons (Fsp3) is 0.500. The smallest absolute Gasteiger partial charge is 0.319 e. The maximum Gasteiger partial charge on any atom is 0.319 e. The number of carbonyl (C=O) groups is 2. The Labute approximate surface area is 136 Å². The second kappa shape index (κ2) is 7.49. The molecule has 0 spiro atoms. The van der Waals surface area contributed by atoms with E-state index in [1.54, 1.807) is 24.3 Å². The number of likely N-dealkylation sites (tertiary alicyclic amines) is 1. The first-order valence-corrected chi connectivity index (χ1v) is 7.97. The Morgan fingerprint density at radius 3 is 2.27 bits per heavy atom. The van der Waals surface area contributed by atoms with Crippen molar-refractivity contribution < 1.29 is 9.59 Å². The first-order chi connectivity index (χ1) is 10.5. The maximum absolute atomic E-state index is 12.5. The zero-order valence-electron chi connectivity index (χ0n) is 12.9. The van der Waals surface area contributed by atoms with E-state index in [2.05, 4.69) is 10.6 Å². The van der Waals surface area contributed by atoms with Gasteiger partial charge in [0.15, 0.2) is 0 Å². The number of halogens is 1. The Morgan fingerprint density at radius 2 is 1.73 bits per heavy atom. The van der Waals surface area contributed by atoms with Crippen LogP contribution in [-0.2, 0) is 4.79 Å². The van der Waals surface area contributed by atoms with Crippen molar-refractivity contribution in [1.29, 1.82) is 0 Å². The van der Waals surface area contributed by atoms with Crippen LogP contribution in [0.1, 0.15) is 26.7 Å². The van der Waals surface area contributed by atoms with Crippen LogP contribution in [0.15, 0.2) is 24.3 Å². The van der Waals surface area contributed by atoms with Crippen LogP contribution in [0, 0.1) is 5.92 Å². The molecule has 5 nitrogen and oxygen atoms in total. The highest BCUT2D eigenvalue weighted by Crippen LogP contribution is 2.15. The molecule has 1 saturated heterocycles. The second-order valence-electron chi connectivity index (χ2n) is 5.86. The van der Waals surface area contributed by atoms with Crippen molar-refractivity contribution in [2.75, 3.05) is 18.4 Å². The number of benzene rings is 1. The summed E-state index contributed by atoms with van der Waals surface area (Å²) >= 11 is 5.81. The number of rotatable bonds is 4. The molecule has 1 aliphatic heterocycles. The molecule has 0 aromatic heterocycles. The van der Waals surface area contributed by atoms with E-state index in [1.165, 1.54) is 0 Å². The molecule has 0 saturated carbocycles. The lowest BCUT2D eigenvalue weighted by atomic mass is 10.0. The summed E-state index contributed by atoms with van der Waals surface area (Å²) in [5.74, 6) is 0.0304. The quantitative estimate of drug-likeness (QED) is 0.894.